The quantitative estimate of drug-likeness (QED) is 0.441. The highest BCUT2D eigenvalue weighted by atomic mass is 79.9. The summed E-state index contributed by atoms with van der Waals surface area (Å²) in [6, 6.07) is 14.3. The lowest BCUT2D eigenvalue weighted by Crippen LogP contribution is -2.68. The summed E-state index contributed by atoms with van der Waals surface area (Å²) in [6.45, 7) is 2.84. The van der Waals surface area contributed by atoms with Crippen LogP contribution in [0.3, 0.4) is 0 Å². The van der Waals surface area contributed by atoms with Gasteiger partial charge in [-0.1, -0.05) is 35.9 Å². The van der Waals surface area contributed by atoms with Gasteiger partial charge in [0, 0.05) is 31.1 Å². The molecular weight excluding hydrogens is 512 g/mol. The molecule has 0 bridgehead atoms. The minimum absolute atomic E-state index is 0.197. The number of likely N-dealkylation sites (tertiary alicyclic amines) is 1. The molecule has 0 aliphatic carbocycles. The first-order chi connectivity index (χ1) is 15.7. The number of methoxy groups -OCH3 is 1. The number of esters is 1. The molecular formula is C24H26BrClN2O5. The van der Waals surface area contributed by atoms with Crippen molar-refractivity contribution < 1.29 is 23.9 Å². The number of amides is 2. The molecule has 3 rings (SSSR count). The van der Waals surface area contributed by atoms with Crippen LogP contribution in [0.15, 0.2) is 53.0 Å². The Morgan fingerprint density at radius 2 is 1.85 bits per heavy atom. The third-order valence-electron chi connectivity index (χ3n) is 5.74. The molecule has 176 valence electrons. The van der Waals surface area contributed by atoms with E-state index in [0.29, 0.717) is 47.7 Å². The van der Waals surface area contributed by atoms with Crippen molar-refractivity contribution in [2.75, 3.05) is 20.2 Å². The molecule has 1 aliphatic rings. The number of ether oxygens (including phenoxy) is 2. The van der Waals surface area contributed by atoms with E-state index in [1.165, 1.54) is 12.0 Å². The Balaban J connectivity index is 1.74. The first-order valence-corrected chi connectivity index (χ1v) is 11.8. The van der Waals surface area contributed by atoms with Crippen LogP contribution in [0.5, 0.6) is 5.75 Å². The van der Waals surface area contributed by atoms with Crippen molar-refractivity contribution in [1.82, 2.24) is 9.80 Å². The zero-order valence-electron chi connectivity index (χ0n) is 18.6. The molecule has 0 saturated carbocycles. The maximum absolute atomic E-state index is 13.6. The molecule has 33 heavy (non-hydrogen) atoms. The number of hydrogen-bond donors (Lipinski definition) is 0. The van der Waals surface area contributed by atoms with Gasteiger partial charge in [0.05, 0.1) is 11.6 Å². The Morgan fingerprint density at radius 3 is 2.45 bits per heavy atom. The summed E-state index contributed by atoms with van der Waals surface area (Å²) in [5.41, 5.74) is -0.133. The normalized spacial score (nSPS) is 17.2. The van der Waals surface area contributed by atoms with E-state index in [9.17, 15) is 14.4 Å². The Kier molecular flexibility index (Phi) is 8.37. The Morgan fingerprint density at radius 1 is 1.15 bits per heavy atom. The zero-order valence-corrected chi connectivity index (χ0v) is 20.9. The Hall–Kier alpha value is -2.58. The van der Waals surface area contributed by atoms with Crippen LogP contribution in [0, 0.1) is 0 Å². The van der Waals surface area contributed by atoms with E-state index in [4.69, 9.17) is 21.1 Å². The van der Waals surface area contributed by atoms with Crippen LogP contribution in [-0.2, 0) is 20.9 Å². The molecule has 1 unspecified atom stereocenters. The van der Waals surface area contributed by atoms with Crippen LogP contribution in [-0.4, -0.2) is 53.5 Å². The van der Waals surface area contributed by atoms with Crippen molar-refractivity contribution in [3.05, 3.63) is 63.6 Å². The fourth-order valence-corrected chi connectivity index (χ4v) is 4.16. The van der Waals surface area contributed by atoms with E-state index in [1.807, 2.05) is 18.2 Å². The van der Waals surface area contributed by atoms with Gasteiger partial charge in [0.25, 0.3) is 0 Å². The summed E-state index contributed by atoms with van der Waals surface area (Å²) in [5, 5.41) is 0.606. The van der Waals surface area contributed by atoms with Gasteiger partial charge in [-0.15, -0.1) is 0 Å². The molecule has 2 aromatic carbocycles. The summed E-state index contributed by atoms with van der Waals surface area (Å²) >= 11 is 9.35. The predicted octanol–water partition coefficient (Wildman–Crippen LogP) is 5.05. The first kappa shape index (κ1) is 25.1. The molecule has 2 aromatic rings. The number of para-hydroxylation sites is 1. The van der Waals surface area contributed by atoms with E-state index in [-0.39, 0.29) is 18.3 Å². The van der Waals surface area contributed by atoms with Gasteiger partial charge < -0.3 is 14.4 Å². The maximum Gasteiger partial charge on any atom is 0.416 e. The van der Waals surface area contributed by atoms with Gasteiger partial charge in [0.1, 0.15) is 11.3 Å². The second kappa shape index (κ2) is 11.0. The highest BCUT2D eigenvalue weighted by Gasteiger charge is 2.52. The van der Waals surface area contributed by atoms with Crippen molar-refractivity contribution in [3.8, 4) is 5.75 Å². The monoisotopic (exact) mass is 536 g/mol. The molecule has 9 heteroatoms. The van der Waals surface area contributed by atoms with E-state index in [1.54, 1.807) is 42.2 Å². The molecule has 2 amide bonds. The average molecular weight is 538 g/mol. The number of hydrogen-bond acceptors (Lipinski definition) is 5. The number of carbonyl (C=O) groups is 3. The van der Waals surface area contributed by atoms with Crippen LogP contribution >= 0.6 is 27.5 Å². The van der Waals surface area contributed by atoms with E-state index < -0.39 is 11.6 Å². The third kappa shape index (κ3) is 6.06. The maximum atomic E-state index is 13.6. The van der Waals surface area contributed by atoms with Crippen molar-refractivity contribution >= 4 is 45.5 Å². The standard InChI is InChI=1S/C24H26BrClN2O5/c1-24(13-15-28(24)23(31)33-20-7-4-3-6-19(20)25)22(30)27(14-5-8-21(29)32-2)16-17-9-11-18(26)12-10-17/h3-4,6-7,9-12H,5,8,13-16H2,1-2H3. The summed E-state index contributed by atoms with van der Waals surface area (Å²) in [6.07, 6.45) is 0.588. The fraction of sp³-hybridized carbons (Fsp3) is 0.375. The SMILES string of the molecule is COC(=O)CCCN(Cc1ccc(Cl)cc1)C(=O)C1(C)CCN1C(=O)Oc1ccccc1Br. The Labute approximate surface area is 206 Å². The van der Waals surface area contributed by atoms with Crippen molar-refractivity contribution in [3.63, 3.8) is 0 Å². The van der Waals surface area contributed by atoms with E-state index in [0.717, 1.165) is 5.56 Å². The van der Waals surface area contributed by atoms with Crippen LogP contribution in [0.25, 0.3) is 0 Å². The molecule has 1 fully saturated rings. The lowest BCUT2D eigenvalue weighted by molar-refractivity contribution is -0.151. The number of halogens is 2. The lowest BCUT2D eigenvalue weighted by atomic mass is 9.85. The molecule has 1 saturated heterocycles. The lowest BCUT2D eigenvalue weighted by Gasteiger charge is -2.49. The van der Waals surface area contributed by atoms with Crippen molar-refractivity contribution in [2.45, 2.75) is 38.3 Å². The molecule has 0 aromatic heterocycles. The second-order valence-electron chi connectivity index (χ2n) is 8.01. The smallest absolute Gasteiger partial charge is 0.416 e. The van der Waals surface area contributed by atoms with Crippen LogP contribution in [0.4, 0.5) is 4.79 Å². The van der Waals surface area contributed by atoms with E-state index in [2.05, 4.69) is 15.9 Å². The third-order valence-corrected chi connectivity index (χ3v) is 6.65. The van der Waals surface area contributed by atoms with Gasteiger partial charge in [-0.25, -0.2) is 4.79 Å². The zero-order chi connectivity index (χ0) is 24.0. The van der Waals surface area contributed by atoms with Gasteiger partial charge in [0.15, 0.2) is 0 Å². The van der Waals surface area contributed by atoms with Gasteiger partial charge in [-0.3, -0.25) is 14.5 Å². The molecule has 0 radical (unpaired) electrons. The molecule has 1 aliphatic heterocycles. The predicted molar refractivity (Wildman–Crippen MR) is 128 cm³/mol. The minimum Gasteiger partial charge on any atom is -0.469 e. The molecule has 1 atom stereocenters. The van der Waals surface area contributed by atoms with Crippen LogP contribution in [0.1, 0.15) is 31.7 Å². The summed E-state index contributed by atoms with van der Waals surface area (Å²) < 4.78 is 10.9. The van der Waals surface area contributed by atoms with Gasteiger partial charge in [-0.2, -0.15) is 0 Å². The van der Waals surface area contributed by atoms with E-state index >= 15 is 0 Å². The molecule has 0 spiro atoms. The molecule has 7 nitrogen and oxygen atoms in total. The van der Waals surface area contributed by atoms with Crippen LogP contribution in [0.2, 0.25) is 5.02 Å². The van der Waals surface area contributed by atoms with Crippen molar-refractivity contribution in [2.24, 2.45) is 0 Å². The van der Waals surface area contributed by atoms with Gasteiger partial charge in [0.2, 0.25) is 5.91 Å². The highest BCUT2D eigenvalue weighted by molar-refractivity contribution is 9.10. The van der Waals surface area contributed by atoms with Gasteiger partial charge >= 0.3 is 12.1 Å². The van der Waals surface area contributed by atoms with Crippen molar-refractivity contribution in [1.29, 1.82) is 0 Å². The average Bonchev–Trinajstić information content (AvgIpc) is 2.79. The Bertz CT molecular complexity index is 1020. The topological polar surface area (TPSA) is 76.2 Å². The largest absolute Gasteiger partial charge is 0.469 e. The first-order valence-electron chi connectivity index (χ1n) is 10.6. The number of benzene rings is 2. The second-order valence-corrected chi connectivity index (χ2v) is 9.30. The minimum atomic E-state index is -1.03. The number of carbonyl (C=O) groups excluding carboxylic acids is 3. The summed E-state index contributed by atoms with van der Waals surface area (Å²) in [4.78, 5) is 41.2. The summed E-state index contributed by atoms with van der Waals surface area (Å²) in [7, 11) is 1.34. The highest BCUT2D eigenvalue weighted by Crippen LogP contribution is 2.35. The van der Waals surface area contributed by atoms with Gasteiger partial charge in [-0.05, 0) is 65.5 Å². The molecule has 1 heterocycles. The van der Waals surface area contributed by atoms with Crippen LogP contribution < -0.4 is 4.74 Å². The fourth-order valence-electron chi connectivity index (χ4n) is 3.67. The number of rotatable bonds is 8. The number of nitrogens with zero attached hydrogens (tertiary/aromatic N) is 2. The summed E-state index contributed by atoms with van der Waals surface area (Å²) in [5.74, 6) is -0.139. The molecule has 0 N–H and O–H groups in total.